The maximum absolute atomic E-state index is 13.2. The summed E-state index contributed by atoms with van der Waals surface area (Å²) in [5, 5.41) is 3.35. The highest BCUT2D eigenvalue weighted by Gasteiger charge is 2.20. The molecule has 0 radical (unpaired) electrons. The summed E-state index contributed by atoms with van der Waals surface area (Å²) in [7, 11) is 4.04. The van der Waals surface area contributed by atoms with Crippen molar-refractivity contribution in [2.24, 2.45) is 5.92 Å². The van der Waals surface area contributed by atoms with Gasteiger partial charge >= 0.3 is 0 Å². The summed E-state index contributed by atoms with van der Waals surface area (Å²) >= 11 is 0. The number of hydrogen-bond acceptors (Lipinski definition) is 6. The number of anilines is 1. The van der Waals surface area contributed by atoms with Gasteiger partial charge in [-0.25, -0.2) is 0 Å². The Bertz CT molecular complexity index is 915. The quantitative estimate of drug-likeness (QED) is 0.596. The predicted molar refractivity (Wildman–Crippen MR) is 133 cm³/mol. The second-order valence-electron chi connectivity index (χ2n) is 9.57. The Kier molecular flexibility index (Phi) is 9.09. The Morgan fingerprint density at radius 2 is 2.06 bits per heavy atom. The molecule has 0 atom stereocenters. The number of nitrogens with one attached hydrogen (secondary N) is 1. The standard InChI is InChI=1S/C26H39N5O2/c1-20(2)17-30-13-14-33-26-22(18-30)7-6-8-24(26)28-16-25(32)31(12-11-29(4)5)19-23-15-21(3)9-10-27-23/h6-10,15,20,28H,11-14,16-19H2,1-5H3. The zero-order chi connectivity index (χ0) is 23.8. The Labute approximate surface area is 198 Å². The van der Waals surface area contributed by atoms with Gasteiger partial charge in [-0.05, 0) is 50.7 Å². The molecule has 0 aliphatic carbocycles. The molecule has 1 amide bonds. The second kappa shape index (κ2) is 12.0. The highest BCUT2D eigenvalue weighted by atomic mass is 16.5. The second-order valence-corrected chi connectivity index (χ2v) is 9.57. The molecular formula is C26H39N5O2. The number of ether oxygens (including phenoxy) is 1. The first-order valence-corrected chi connectivity index (χ1v) is 11.9. The maximum atomic E-state index is 13.2. The van der Waals surface area contributed by atoms with Gasteiger partial charge in [0.05, 0.1) is 24.5 Å². The van der Waals surface area contributed by atoms with E-state index >= 15 is 0 Å². The molecule has 1 aliphatic heterocycles. The van der Waals surface area contributed by atoms with E-state index < -0.39 is 0 Å². The Balaban J connectivity index is 1.68. The molecule has 1 N–H and O–H groups in total. The minimum absolute atomic E-state index is 0.0489. The third kappa shape index (κ3) is 7.72. The van der Waals surface area contributed by atoms with Crippen LogP contribution in [0.1, 0.15) is 30.7 Å². The van der Waals surface area contributed by atoms with Gasteiger partial charge in [-0.1, -0.05) is 26.0 Å². The number of carbonyl (C=O) groups excluding carboxylic acids is 1. The van der Waals surface area contributed by atoms with Crippen molar-refractivity contribution >= 4 is 11.6 Å². The summed E-state index contributed by atoms with van der Waals surface area (Å²) in [5.41, 5.74) is 4.10. The van der Waals surface area contributed by atoms with Crippen LogP contribution in [-0.4, -0.2) is 79.0 Å². The molecule has 0 unspecified atom stereocenters. The smallest absolute Gasteiger partial charge is 0.242 e. The fraction of sp³-hybridized carbons (Fsp3) is 0.538. The van der Waals surface area contributed by atoms with E-state index in [2.05, 4.69) is 40.0 Å². The first-order chi connectivity index (χ1) is 15.8. The van der Waals surface area contributed by atoms with E-state index in [1.807, 2.05) is 50.2 Å². The van der Waals surface area contributed by atoms with E-state index in [0.717, 1.165) is 48.9 Å². The molecule has 3 rings (SSSR count). The van der Waals surface area contributed by atoms with Crippen LogP contribution < -0.4 is 10.1 Å². The van der Waals surface area contributed by atoms with Gasteiger partial charge in [0, 0.05) is 44.5 Å². The number of fused-ring (bicyclic) bond motifs is 1. The molecule has 0 spiro atoms. The van der Waals surface area contributed by atoms with Crippen molar-refractivity contribution in [1.29, 1.82) is 0 Å². The summed E-state index contributed by atoms with van der Waals surface area (Å²) in [4.78, 5) is 24.0. The lowest BCUT2D eigenvalue weighted by Crippen LogP contribution is -2.39. The zero-order valence-electron chi connectivity index (χ0n) is 20.8. The average molecular weight is 454 g/mol. The third-order valence-corrected chi connectivity index (χ3v) is 5.69. The molecule has 1 aromatic carbocycles. The van der Waals surface area contributed by atoms with Crippen LogP contribution in [0.15, 0.2) is 36.5 Å². The average Bonchev–Trinajstić information content (AvgIpc) is 2.96. The number of likely N-dealkylation sites (N-methyl/N-ethyl adjacent to an activating group) is 1. The van der Waals surface area contributed by atoms with E-state index in [1.165, 1.54) is 5.56 Å². The van der Waals surface area contributed by atoms with E-state index in [9.17, 15) is 4.79 Å². The number of pyridine rings is 1. The number of benzene rings is 1. The SMILES string of the molecule is Cc1ccnc(CN(CCN(C)C)C(=O)CNc2cccc3c2OCCN(CC(C)C)C3)c1. The lowest BCUT2D eigenvalue weighted by molar-refractivity contribution is -0.130. The molecule has 1 aromatic heterocycles. The topological polar surface area (TPSA) is 60.9 Å². The van der Waals surface area contributed by atoms with E-state index in [-0.39, 0.29) is 12.5 Å². The molecule has 0 bridgehead atoms. The Hall–Kier alpha value is -2.64. The Morgan fingerprint density at radius 1 is 1.24 bits per heavy atom. The molecule has 0 saturated heterocycles. The minimum Gasteiger partial charge on any atom is -0.490 e. The number of aryl methyl sites for hydroxylation is 1. The van der Waals surface area contributed by atoms with Gasteiger partial charge in [0.25, 0.3) is 0 Å². The highest BCUT2D eigenvalue weighted by Crippen LogP contribution is 2.32. The molecule has 0 fully saturated rings. The van der Waals surface area contributed by atoms with Crippen LogP contribution in [0.2, 0.25) is 0 Å². The first kappa shape index (κ1) is 25.0. The Morgan fingerprint density at radius 3 is 2.79 bits per heavy atom. The number of carbonyl (C=O) groups is 1. The van der Waals surface area contributed by atoms with Crippen molar-refractivity contribution in [3.05, 3.63) is 53.3 Å². The van der Waals surface area contributed by atoms with Crippen molar-refractivity contribution in [3.8, 4) is 5.75 Å². The molecule has 180 valence electrons. The van der Waals surface area contributed by atoms with Crippen LogP contribution in [0.25, 0.3) is 0 Å². The summed E-state index contributed by atoms with van der Waals surface area (Å²) in [6, 6.07) is 10.2. The summed E-state index contributed by atoms with van der Waals surface area (Å²) in [6.45, 7) is 12.2. The van der Waals surface area contributed by atoms with Crippen LogP contribution in [0.5, 0.6) is 5.75 Å². The van der Waals surface area contributed by atoms with Gasteiger partial charge in [0.1, 0.15) is 12.4 Å². The van der Waals surface area contributed by atoms with Gasteiger partial charge in [-0.3, -0.25) is 14.7 Å². The number of nitrogens with zero attached hydrogens (tertiary/aromatic N) is 4. The first-order valence-electron chi connectivity index (χ1n) is 11.9. The monoisotopic (exact) mass is 453 g/mol. The molecule has 33 heavy (non-hydrogen) atoms. The van der Waals surface area contributed by atoms with Crippen LogP contribution in [0.4, 0.5) is 5.69 Å². The van der Waals surface area contributed by atoms with Gasteiger partial charge in [0.15, 0.2) is 0 Å². The normalized spacial score (nSPS) is 14.0. The van der Waals surface area contributed by atoms with E-state index in [0.29, 0.717) is 25.6 Å². The van der Waals surface area contributed by atoms with E-state index in [4.69, 9.17) is 4.74 Å². The molecule has 1 aliphatic rings. The number of aromatic nitrogens is 1. The molecule has 2 aromatic rings. The van der Waals surface area contributed by atoms with Crippen molar-refractivity contribution < 1.29 is 9.53 Å². The van der Waals surface area contributed by atoms with Crippen molar-refractivity contribution in [1.82, 2.24) is 19.7 Å². The van der Waals surface area contributed by atoms with Crippen LogP contribution in [0, 0.1) is 12.8 Å². The van der Waals surface area contributed by atoms with Crippen molar-refractivity contribution in [2.45, 2.75) is 33.9 Å². The van der Waals surface area contributed by atoms with Gasteiger partial charge < -0.3 is 19.9 Å². The lowest BCUT2D eigenvalue weighted by atomic mass is 10.1. The zero-order valence-corrected chi connectivity index (χ0v) is 20.8. The number of hydrogen-bond donors (Lipinski definition) is 1. The summed E-state index contributed by atoms with van der Waals surface area (Å²) in [6.07, 6.45) is 1.80. The largest absolute Gasteiger partial charge is 0.490 e. The molecule has 7 nitrogen and oxygen atoms in total. The highest BCUT2D eigenvalue weighted by molar-refractivity contribution is 5.81. The number of para-hydroxylation sites is 1. The van der Waals surface area contributed by atoms with Gasteiger partial charge in [0.2, 0.25) is 5.91 Å². The fourth-order valence-electron chi connectivity index (χ4n) is 4.06. The maximum Gasteiger partial charge on any atom is 0.242 e. The molecule has 7 heteroatoms. The molecule has 0 saturated carbocycles. The summed E-state index contributed by atoms with van der Waals surface area (Å²) < 4.78 is 6.13. The lowest BCUT2D eigenvalue weighted by Gasteiger charge is -2.25. The van der Waals surface area contributed by atoms with Crippen LogP contribution >= 0.6 is 0 Å². The van der Waals surface area contributed by atoms with Crippen molar-refractivity contribution in [2.75, 3.05) is 58.7 Å². The van der Waals surface area contributed by atoms with Gasteiger partial charge in [-0.15, -0.1) is 0 Å². The minimum atomic E-state index is 0.0489. The van der Waals surface area contributed by atoms with Crippen molar-refractivity contribution in [3.63, 3.8) is 0 Å². The third-order valence-electron chi connectivity index (χ3n) is 5.69. The summed E-state index contributed by atoms with van der Waals surface area (Å²) in [5.74, 6) is 1.53. The fourth-order valence-corrected chi connectivity index (χ4v) is 4.06. The van der Waals surface area contributed by atoms with Crippen LogP contribution in [-0.2, 0) is 17.9 Å². The number of rotatable bonds is 10. The van der Waals surface area contributed by atoms with E-state index in [1.54, 1.807) is 6.20 Å². The number of amides is 1. The molecule has 2 heterocycles. The van der Waals surface area contributed by atoms with Crippen LogP contribution in [0.3, 0.4) is 0 Å². The van der Waals surface area contributed by atoms with Gasteiger partial charge in [-0.2, -0.15) is 0 Å². The molecular weight excluding hydrogens is 414 g/mol. The predicted octanol–water partition coefficient (Wildman–Crippen LogP) is 3.24.